The molecule has 0 aliphatic rings. The lowest BCUT2D eigenvalue weighted by Crippen LogP contribution is -2.39. The van der Waals surface area contributed by atoms with Gasteiger partial charge in [0, 0.05) is 26.3 Å². The molecule has 110 valence electrons. The van der Waals surface area contributed by atoms with Crippen molar-refractivity contribution >= 4 is 28.2 Å². The van der Waals surface area contributed by atoms with Crippen molar-refractivity contribution in [3.05, 3.63) is 0 Å². The predicted octanol–water partition coefficient (Wildman–Crippen LogP) is 0.676. The molecule has 7 heteroatoms. The minimum atomic E-state index is -2.98. The minimum absolute atomic E-state index is 0. The predicted molar refractivity (Wildman–Crippen MR) is 76.7 cm³/mol. The molecule has 0 aliphatic heterocycles. The molecule has 0 atom stereocenters. The fourth-order valence-corrected chi connectivity index (χ4v) is 2.14. The Balaban J connectivity index is 0. The number of carbonyl (C=O) groups excluding carboxylic acids is 1. The molecule has 0 aliphatic carbocycles. The lowest BCUT2D eigenvalue weighted by Gasteiger charge is -2.29. The van der Waals surface area contributed by atoms with Gasteiger partial charge in [0.2, 0.25) is 5.91 Å². The second-order valence-corrected chi connectivity index (χ2v) is 7.61. The van der Waals surface area contributed by atoms with Crippen LogP contribution < -0.4 is 5.73 Å². The Kier molecular flexibility index (Phi) is 8.85. The number of nitrogens with zero attached hydrogens (tertiary/aromatic N) is 1. The summed E-state index contributed by atoms with van der Waals surface area (Å²) in [5, 5.41) is 0. The average Bonchev–Trinajstić information content (AvgIpc) is 2.15. The Bertz CT molecular complexity index is 355. The van der Waals surface area contributed by atoms with Crippen LogP contribution in [0.4, 0.5) is 0 Å². The first-order valence-electron chi connectivity index (χ1n) is 5.69. The zero-order valence-electron chi connectivity index (χ0n) is 11.6. The third kappa shape index (κ3) is 9.67. The molecule has 0 saturated carbocycles. The molecular weight excluding hydrogens is 276 g/mol. The first kappa shape index (κ1) is 20.0. The summed E-state index contributed by atoms with van der Waals surface area (Å²) >= 11 is 0. The number of hydrogen-bond acceptors (Lipinski definition) is 4. The maximum atomic E-state index is 11.7. The van der Waals surface area contributed by atoms with E-state index in [1.54, 1.807) is 11.9 Å². The number of nitrogens with two attached hydrogens (primary N) is 1. The van der Waals surface area contributed by atoms with Gasteiger partial charge >= 0.3 is 0 Å². The maximum absolute atomic E-state index is 11.7. The third-order valence-corrected chi connectivity index (χ3v) is 3.58. The Labute approximate surface area is 116 Å². The van der Waals surface area contributed by atoms with Crippen LogP contribution in [0.3, 0.4) is 0 Å². The van der Waals surface area contributed by atoms with Crippen LogP contribution in [-0.2, 0) is 14.6 Å². The van der Waals surface area contributed by atoms with Gasteiger partial charge in [0.25, 0.3) is 0 Å². The van der Waals surface area contributed by atoms with E-state index < -0.39 is 9.84 Å². The van der Waals surface area contributed by atoms with Crippen molar-refractivity contribution in [1.82, 2.24) is 4.90 Å². The summed E-state index contributed by atoms with van der Waals surface area (Å²) < 4.78 is 21.8. The molecule has 0 rings (SSSR count). The number of halogens is 1. The summed E-state index contributed by atoms with van der Waals surface area (Å²) in [6, 6.07) is 0. The molecule has 2 N–H and O–H groups in total. The van der Waals surface area contributed by atoms with E-state index in [2.05, 4.69) is 0 Å². The van der Waals surface area contributed by atoms with Crippen LogP contribution in [0.25, 0.3) is 0 Å². The quantitative estimate of drug-likeness (QED) is 0.749. The molecule has 0 aromatic rings. The SMILES string of the molecule is CN(CC(C)(C)CN)C(=O)CCCS(C)(=O)=O.Cl. The van der Waals surface area contributed by atoms with E-state index in [0.29, 0.717) is 19.5 Å². The molecule has 0 spiro atoms. The molecule has 0 saturated heterocycles. The first-order chi connectivity index (χ1) is 7.57. The summed E-state index contributed by atoms with van der Waals surface area (Å²) in [7, 11) is -1.25. The van der Waals surface area contributed by atoms with Gasteiger partial charge in [-0.3, -0.25) is 4.79 Å². The van der Waals surface area contributed by atoms with Gasteiger partial charge in [-0.2, -0.15) is 0 Å². The van der Waals surface area contributed by atoms with Gasteiger partial charge in [0.1, 0.15) is 9.84 Å². The highest BCUT2D eigenvalue weighted by Crippen LogP contribution is 2.14. The van der Waals surface area contributed by atoms with E-state index in [1.165, 1.54) is 6.26 Å². The van der Waals surface area contributed by atoms with Crippen molar-refractivity contribution < 1.29 is 13.2 Å². The molecule has 0 bridgehead atoms. The van der Waals surface area contributed by atoms with E-state index in [0.717, 1.165) is 0 Å². The van der Waals surface area contributed by atoms with E-state index in [4.69, 9.17) is 5.73 Å². The van der Waals surface area contributed by atoms with Crippen molar-refractivity contribution in [2.75, 3.05) is 32.1 Å². The van der Waals surface area contributed by atoms with E-state index in [-0.39, 0.29) is 35.9 Å². The van der Waals surface area contributed by atoms with Crippen LogP contribution >= 0.6 is 12.4 Å². The van der Waals surface area contributed by atoms with Crippen LogP contribution in [0.5, 0.6) is 0 Å². The molecule has 0 heterocycles. The summed E-state index contributed by atoms with van der Waals surface area (Å²) in [4.78, 5) is 13.3. The van der Waals surface area contributed by atoms with Gasteiger partial charge in [-0.25, -0.2) is 8.42 Å². The van der Waals surface area contributed by atoms with Gasteiger partial charge < -0.3 is 10.6 Å². The van der Waals surface area contributed by atoms with E-state index in [9.17, 15) is 13.2 Å². The first-order valence-corrected chi connectivity index (χ1v) is 7.75. The van der Waals surface area contributed by atoms with Gasteiger partial charge in [-0.15, -0.1) is 12.4 Å². The van der Waals surface area contributed by atoms with Crippen LogP contribution in [-0.4, -0.2) is 51.4 Å². The molecule has 0 radical (unpaired) electrons. The lowest BCUT2D eigenvalue weighted by molar-refractivity contribution is -0.131. The van der Waals surface area contributed by atoms with Crippen molar-refractivity contribution in [3.8, 4) is 0 Å². The number of rotatable bonds is 7. The molecule has 1 amide bonds. The lowest BCUT2D eigenvalue weighted by atomic mass is 9.93. The van der Waals surface area contributed by atoms with Crippen LogP contribution in [0.15, 0.2) is 0 Å². The van der Waals surface area contributed by atoms with Crippen molar-refractivity contribution in [1.29, 1.82) is 0 Å². The summed E-state index contributed by atoms with van der Waals surface area (Å²) in [5.74, 6) is 0.0301. The molecular formula is C11H25ClN2O3S. The number of carbonyl (C=O) groups is 1. The highest BCUT2D eigenvalue weighted by molar-refractivity contribution is 7.90. The molecule has 0 aromatic heterocycles. The Hall–Kier alpha value is -0.330. The molecule has 18 heavy (non-hydrogen) atoms. The second-order valence-electron chi connectivity index (χ2n) is 5.35. The standard InChI is InChI=1S/C11H24N2O3S.ClH/c1-11(2,8-12)9-13(3)10(14)6-5-7-17(4,15)16;/h5-9,12H2,1-4H3;1H. The Morgan fingerprint density at radius 1 is 1.33 bits per heavy atom. The Morgan fingerprint density at radius 2 is 1.83 bits per heavy atom. The topological polar surface area (TPSA) is 80.5 Å². The zero-order chi connectivity index (χ0) is 13.7. The van der Waals surface area contributed by atoms with Gasteiger partial charge in [0.15, 0.2) is 0 Å². The van der Waals surface area contributed by atoms with E-state index >= 15 is 0 Å². The zero-order valence-corrected chi connectivity index (χ0v) is 13.2. The number of amides is 1. The fraction of sp³-hybridized carbons (Fsp3) is 0.909. The van der Waals surface area contributed by atoms with Gasteiger partial charge in [-0.1, -0.05) is 13.8 Å². The molecule has 5 nitrogen and oxygen atoms in total. The minimum Gasteiger partial charge on any atom is -0.345 e. The smallest absolute Gasteiger partial charge is 0.222 e. The van der Waals surface area contributed by atoms with Crippen molar-refractivity contribution in [2.45, 2.75) is 26.7 Å². The molecule has 0 aromatic carbocycles. The normalized spacial score (nSPS) is 11.8. The second kappa shape index (κ2) is 7.96. The number of hydrogen-bond donors (Lipinski definition) is 1. The monoisotopic (exact) mass is 300 g/mol. The van der Waals surface area contributed by atoms with Crippen LogP contribution in [0.1, 0.15) is 26.7 Å². The highest BCUT2D eigenvalue weighted by Gasteiger charge is 2.20. The Morgan fingerprint density at radius 3 is 2.22 bits per heavy atom. The van der Waals surface area contributed by atoms with Gasteiger partial charge in [-0.05, 0) is 18.4 Å². The largest absolute Gasteiger partial charge is 0.345 e. The fourth-order valence-electron chi connectivity index (χ4n) is 1.47. The summed E-state index contributed by atoms with van der Waals surface area (Å²) in [6.07, 6.45) is 1.83. The van der Waals surface area contributed by atoms with Crippen molar-refractivity contribution in [3.63, 3.8) is 0 Å². The summed E-state index contributed by atoms with van der Waals surface area (Å²) in [5.41, 5.74) is 5.48. The third-order valence-electron chi connectivity index (χ3n) is 2.55. The van der Waals surface area contributed by atoms with Crippen LogP contribution in [0.2, 0.25) is 0 Å². The molecule has 0 unspecified atom stereocenters. The maximum Gasteiger partial charge on any atom is 0.222 e. The van der Waals surface area contributed by atoms with Crippen molar-refractivity contribution in [2.24, 2.45) is 11.1 Å². The number of sulfone groups is 1. The van der Waals surface area contributed by atoms with Crippen LogP contribution in [0, 0.1) is 5.41 Å². The van der Waals surface area contributed by atoms with Gasteiger partial charge in [0.05, 0.1) is 5.75 Å². The average molecular weight is 301 g/mol. The van der Waals surface area contributed by atoms with E-state index in [1.807, 2.05) is 13.8 Å². The molecule has 0 fully saturated rings. The summed E-state index contributed by atoms with van der Waals surface area (Å²) in [6.45, 7) is 5.08. The highest BCUT2D eigenvalue weighted by atomic mass is 35.5.